The van der Waals surface area contributed by atoms with Gasteiger partial charge >= 0.3 is 5.97 Å². The quantitative estimate of drug-likeness (QED) is 0.853. The van der Waals surface area contributed by atoms with Gasteiger partial charge in [0.2, 0.25) is 0 Å². The molecule has 8 heteroatoms. The lowest BCUT2D eigenvalue weighted by atomic mass is 10.2. The number of carboxylic acid groups (broad SMARTS) is 1. The van der Waals surface area contributed by atoms with Crippen LogP contribution in [0.25, 0.3) is 0 Å². The Labute approximate surface area is 116 Å². The predicted molar refractivity (Wildman–Crippen MR) is 65.5 cm³/mol. The summed E-state index contributed by atoms with van der Waals surface area (Å²) < 4.78 is 39.2. The second-order valence-corrected chi connectivity index (χ2v) is 3.91. The third-order valence-electron chi connectivity index (χ3n) is 2.52. The number of carbonyl (C=O) groups excluding carboxylic acids is 1. The summed E-state index contributed by atoms with van der Waals surface area (Å²) in [6, 6.07) is 3.67. The van der Waals surface area contributed by atoms with Crippen molar-refractivity contribution in [3.8, 4) is 0 Å². The van der Waals surface area contributed by atoms with Crippen molar-refractivity contribution in [1.82, 2.24) is 4.98 Å². The SMILES string of the molecule is O=C(Nc1ccc(F)c(F)c1F)c1ccnc(C(=O)O)c1. The van der Waals surface area contributed by atoms with Crippen molar-refractivity contribution in [2.24, 2.45) is 0 Å². The van der Waals surface area contributed by atoms with E-state index in [1.165, 1.54) is 6.07 Å². The lowest BCUT2D eigenvalue weighted by molar-refractivity contribution is 0.0690. The van der Waals surface area contributed by atoms with Crippen LogP contribution in [0.5, 0.6) is 0 Å². The van der Waals surface area contributed by atoms with Gasteiger partial charge in [-0.3, -0.25) is 4.79 Å². The van der Waals surface area contributed by atoms with Crippen LogP contribution in [0.15, 0.2) is 30.5 Å². The number of hydrogen-bond donors (Lipinski definition) is 2. The molecule has 1 amide bonds. The Morgan fingerprint density at radius 1 is 1.10 bits per heavy atom. The van der Waals surface area contributed by atoms with E-state index in [9.17, 15) is 22.8 Å². The fourth-order valence-corrected chi connectivity index (χ4v) is 1.51. The van der Waals surface area contributed by atoms with Gasteiger partial charge in [-0.2, -0.15) is 0 Å². The van der Waals surface area contributed by atoms with Crippen LogP contribution in [0, 0.1) is 17.5 Å². The first kappa shape index (κ1) is 14.5. The van der Waals surface area contributed by atoms with Crippen LogP contribution in [0.1, 0.15) is 20.8 Å². The van der Waals surface area contributed by atoms with E-state index in [4.69, 9.17) is 5.11 Å². The summed E-state index contributed by atoms with van der Waals surface area (Å²) in [7, 11) is 0. The van der Waals surface area contributed by atoms with Gasteiger partial charge in [-0.25, -0.2) is 22.9 Å². The summed E-state index contributed by atoms with van der Waals surface area (Å²) in [4.78, 5) is 26.1. The summed E-state index contributed by atoms with van der Waals surface area (Å²) in [5.74, 6) is -6.87. The molecule has 2 rings (SSSR count). The number of aromatic carboxylic acids is 1. The van der Waals surface area contributed by atoms with Crippen molar-refractivity contribution in [3.63, 3.8) is 0 Å². The highest BCUT2D eigenvalue weighted by Crippen LogP contribution is 2.20. The van der Waals surface area contributed by atoms with E-state index >= 15 is 0 Å². The Morgan fingerprint density at radius 3 is 2.48 bits per heavy atom. The fraction of sp³-hybridized carbons (Fsp3) is 0. The molecular weight excluding hydrogens is 289 g/mol. The Balaban J connectivity index is 2.28. The molecule has 1 heterocycles. The van der Waals surface area contributed by atoms with Gasteiger partial charge in [-0.1, -0.05) is 0 Å². The number of aromatic nitrogens is 1. The maximum absolute atomic E-state index is 13.4. The van der Waals surface area contributed by atoms with Gasteiger partial charge in [0.25, 0.3) is 5.91 Å². The molecule has 0 saturated carbocycles. The maximum atomic E-state index is 13.4. The van der Waals surface area contributed by atoms with Crippen LogP contribution in [0.2, 0.25) is 0 Å². The molecule has 0 unspecified atom stereocenters. The maximum Gasteiger partial charge on any atom is 0.354 e. The number of nitrogens with one attached hydrogen (secondary N) is 1. The first-order valence-electron chi connectivity index (χ1n) is 5.54. The largest absolute Gasteiger partial charge is 0.477 e. The van der Waals surface area contributed by atoms with E-state index < -0.39 is 35.0 Å². The zero-order valence-electron chi connectivity index (χ0n) is 10.2. The number of pyridine rings is 1. The lowest BCUT2D eigenvalue weighted by Gasteiger charge is -2.07. The van der Waals surface area contributed by atoms with Gasteiger partial charge in [0, 0.05) is 11.8 Å². The minimum Gasteiger partial charge on any atom is -0.477 e. The molecule has 1 aromatic heterocycles. The van der Waals surface area contributed by atoms with Crippen molar-refractivity contribution in [2.45, 2.75) is 0 Å². The molecule has 0 bridgehead atoms. The first-order valence-corrected chi connectivity index (χ1v) is 5.54. The highest BCUT2D eigenvalue weighted by Gasteiger charge is 2.17. The minimum absolute atomic E-state index is 0.119. The van der Waals surface area contributed by atoms with Crippen LogP contribution in [0.3, 0.4) is 0 Å². The van der Waals surface area contributed by atoms with Gasteiger partial charge in [0.1, 0.15) is 5.69 Å². The van der Waals surface area contributed by atoms with Crippen LogP contribution in [-0.4, -0.2) is 22.0 Å². The molecule has 0 fully saturated rings. The summed E-state index contributed by atoms with van der Waals surface area (Å²) in [6.45, 7) is 0. The first-order chi connectivity index (χ1) is 9.90. The van der Waals surface area contributed by atoms with Crippen molar-refractivity contribution in [2.75, 3.05) is 5.32 Å². The zero-order chi connectivity index (χ0) is 15.6. The number of carboxylic acids is 1. The molecule has 108 valence electrons. The number of anilines is 1. The Bertz CT molecular complexity index is 735. The molecular formula is C13H7F3N2O3. The second kappa shape index (κ2) is 5.61. The van der Waals surface area contributed by atoms with E-state index in [0.717, 1.165) is 18.3 Å². The zero-order valence-corrected chi connectivity index (χ0v) is 10.2. The average Bonchev–Trinajstić information content (AvgIpc) is 2.48. The minimum atomic E-state index is -1.71. The molecule has 21 heavy (non-hydrogen) atoms. The number of hydrogen-bond acceptors (Lipinski definition) is 3. The molecule has 5 nitrogen and oxygen atoms in total. The van der Waals surface area contributed by atoms with E-state index in [2.05, 4.69) is 4.98 Å². The van der Waals surface area contributed by atoms with Crippen molar-refractivity contribution >= 4 is 17.6 Å². The molecule has 0 aliphatic carbocycles. The van der Waals surface area contributed by atoms with E-state index in [1.807, 2.05) is 5.32 Å². The molecule has 0 atom stereocenters. The van der Waals surface area contributed by atoms with Crippen molar-refractivity contribution in [1.29, 1.82) is 0 Å². The molecule has 0 spiro atoms. The number of nitrogens with zero attached hydrogens (tertiary/aromatic N) is 1. The second-order valence-electron chi connectivity index (χ2n) is 3.91. The summed E-state index contributed by atoms with van der Waals surface area (Å²) in [5, 5.41) is 10.8. The summed E-state index contributed by atoms with van der Waals surface area (Å²) >= 11 is 0. The van der Waals surface area contributed by atoms with Crippen LogP contribution in [0.4, 0.5) is 18.9 Å². The number of halogens is 3. The third kappa shape index (κ3) is 2.99. The Hall–Kier alpha value is -2.90. The monoisotopic (exact) mass is 296 g/mol. The smallest absolute Gasteiger partial charge is 0.354 e. The third-order valence-corrected chi connectivity index (χ3v) is 2.52. The van der Waals surface area contributed by atoms with Crippen molar-refractivity contribution < 1.29 is 27.9 Å². The van der Waals surface area contributed by atoms with Crippen LogP contribution >= 0.6 is 0 Å². The molecule has 2 aromatic rings. The topological polar surface area (TPSA) is 79.3 Å². The molecule has 0 saturated heterocycles. The van der Waals surface area contributed by atoms with Crippen molar-refractivity contribution in [3.05, 3.63) is 59.2 Å². The summed E-state index contributed by atoms with van der Waals surface area (Å²) in [6.07, 6.45) is 1.08. The fourth-order valence-electron chi connectivity index (χ4n) is 1.51. The molecule has 0 aliphatic heterocycles. The number of benzene rings is 1. The Kier molecular flexibility index (Phi) is 3.88. The van der Waals surface area contributed by atoms with E-state index in [0.29, 0.717) is 6.07 Å². The van der Waals surface area contributed by atoms with Gasteiger partial charge < -0.3 is 10.4 Å². The number of carbonyl (C=O) groups is 2. The van der Waals surface area contributed by atoms with E-state index in [-0.39, 0.29) is 11.3 Å². The van der Waals surface area contributed by atoms with Gasteiger partial charge in [0.05, 0.1) is 5.69 Å². The standard InChI is InChI=1S/C13H7F3N2O3/c14-7-1-2-8(11(16)10(7)15)18-12(19)6-3-4-17-9(5-6)13(20)21/h1-5H,(H,18,19)(H,20,21). The number of rotatable bonds is 3. The normalized spacial score (nSPS) is 10.2. The molecule has 1 aromatic carbocycles. The molecule has 0 aliphatic rings. The summed E-state index contributed by atoms with van der Waals surface area (Å²) in [5.41, 5.74) is -1.06. The highest BCUT2D eigenvalue weighted by molar-refractivity contribution is 6.05. The van der Waals surface area contributed by atoms with Crippen LogP contribution < -0.4 is 5.32 Å². The van der Waals surface area contributed by atoms with Crippen LogP contribution in [-0.2, 0) is 0 Å². The Morgan fingerprint density at radius 2 is 1.81 bits per heavy atom. The number of amides is 1. The lowest BCUT2D eigenvalue weighted by Crippen LogP contribution is -2.15. The van der Waals surface area contributed by atoms with E-state index in [1.54, 1.807) is 0 Å². The average molecular weight is 296 g/mol. The molecule has 0 radical (unpaired) electrons. The molecule has 2 N–H and O–H groups in total. The highest BCUT2D eigenvalue weighted by atomic mass is 19.2. The van der Waals surface area contributed by atoms with Gasteiger partial charge in [-0.15, -0.1) is 0 Å². The van der Waals surface area contributed by atoms with Gasteiger partial charge in [0.15, 0.2) is 17.5 Å². The van der Waals surface area contributed by atoms with Gasteiger partial charge in [-0.05, 0) is 24.3 Å². The predicted octanol–water partition coefficient (Wildman–Crippen LogP) is 2.45.